The highest BCUT2D eigenvalue weighted by molar-refractivity contribution is 5.88. The molecule has 2 aromatic rings. The third-order valence-corrected chi connectivity index (χ3v) is 5.18. The Hall–Kier alpha value is -2.82. The van der Waals surface area contributed by atoms with Crippen molar-refractivity contribution in [3.63, 3.8) is 0 Å². The maximum absolute atomic E-state index is 13.2. The van der Waals surface area contributed by atoms with Gasteiger partial charge < -0.3 is 15.0 Å². The zero-order chi connectivity index (χ0) is 23.0. The maximum Gasteiger partial charge on any atom is 0.261 e. The highest BCUT2D eigenvalue weighted by Gasteiger charge is 2.26. The number of ether oxygens (including phenoxy) is 1. The van der Waals surface area contributed by atoms with Gasteiger partial charge in [0.15, 0.2) is 6.61 Å². The van der Waals surface area contributed by atoms with Crippen LogP contribution < -0.4 is 10.1 Å². The highest BCUT2D eigenvalue weighted by Crippen LogP contribution is 2.26. The molecule has 5 heteroatoms. The standard InChI is InChI=1S/C26H36N2O3/c1-18(2)15-27-26(30)21(6)28(16-22-11-9-10-20(5)14-22)25(29)17-31-24-13-8-7-12-23(24)19(3)4/h7-14,18-19,21H,15-17H2,1-6H3,(H,27,30)/t21-/m1/s1. The summed E-state index contributed by atoms with van der Waals surface area (Å²) >= 11 is 0. The van der Waals surface area contributed by atoms with Gasteiger partial charge in [-0.3, -0.25) is 9.59 Å². The van der Waals surface area contributed by atoms with Gasteiger partial charge in [-0.2, -0.15) is 0 Å². The Bertz CT molecular complexity index is 876. The fourth-order valence-corrected chi connectivity index (χ4v) is 3.35. The second-order valence-corrected chi connectivity index (χ2v) is 8.81. The molecule has 0 bridgehead atoms. The van der Waals surface area contributed by atoms with E-state index in [1.165, 1.54) is 0 Å². The molecule has 168 valence electrons. The predicted molar refractivity (Wildman–Crippen MR) is 125 cm³/mol. The van der Waals surface area contributed by atoms with E-state index in [4.69, 9.17) is 4.74 Å². The van der Waals surface area contributed by atoms with Crippen molar-refractivity contribution in [1.82, 2.24) is 10.2 Å². The zero-order valence-corrected chi connectivity index (χ0v) is 19.6. The van der Waals surface area contributed by atoms with Crippen LogP contribution in [0.15, 0.2) is 48.5 Å². The van der Waals surface area contributed by atoms with Crippen molar-refractivity contribution in [2.75, 3.05) is 13.2 Å². The first-order valence-corrected chi connectivity index (χ1v) is 11.0. The molecular formula is C26H36N2O3. The second-order valence-electron chi connectivity index (χ2n) is 8.81. The van der Waals surface area contributed by atoms with Crippen LogP contribution in [0, 0.1) is 12.8 Å². The Morgan fingerprint density at radius 2 is 1.71 bits per heavy atom. The van der Waals surface area contributed by atoms with E-state index in [1.54, 1.807) is 11.8 Å². The summed E-state index contributed by atoms with van der Waals surface area (Å²) in [6.45, 7) is 12.9. The summed E-state index contributed by atoms with van der Waals surface area (Å²) in [6.07, 6.45) is 0. The fraction of sp³-hybridized carbons (Fsp3) is 0.462. The van der Waals surface area contributed by atoms with Crippen molar-refractivity contribution in [1.29, 1.82) is 0 Å². The molecule has 1 atom stereocenters. The maximum atomic E-state index is 13.2. The number of carbonyl (C=O) groups excluding carboxylic acids is 2. The van der Waals surface area contributed by atoms with Crippen LogP contribution in [-0.2, 0) is 16.1 Å². The topological polar surface area (TPSA) is 58.6 Å². The summed E-state index contributed by atoms with van der Waals surface area (Å²) in [6, 6.07) is 15.1. The van der Waals surface area contributed by atoms with Gasteiger partial charge in [-0.15, -0.1) is 0 Å². The number of nitrogens with one attached hydrogen (secondary N) is 1. The number of benzene rings is 2. The van der Waals surface area contributed by atoms with Gasteiger partial charge in [0.1, 0.15) is 11.8 Å². The normalized spacial score (nSPS) is 12.0. The first-order chi connectivity index (χ1) is 14.7. The summed E-state index contributed by atoms with van der Waals surface area (Å²) in [4.78, 5) is 27.5. The number of amides is 2. The summed E-state index contributed by atoms with van der Waals surface area (Å²) in [5.74, 6) is 0.964. The molecule has 0 aliphatic heterocycles. The molecule has 31 heavy (non-hydrogen) atoms. The molecule has 0 fully saturated rings. The molecule has 0 spiro atoms. The van der Waals surface area contributed by atoms with E-state index in [-0.39, 0.29) is 24.3 Å². The van der Waals surface area contributed by atoms with Gasteiger partial charge in [-0.05, 0) is 42.9 Å². The monoisotopic (exact) mass is 424 g/mol. The molecule has 2 rings (SSSR count). The Balaban J connectivity index is 2.18. The molecule has 0 aliphatic rings. The largest absolute Gasteiger partial charge is 0.483 e. The second kappa shape index (κ2) is 11.5. The Labute approximate surface area is 186 Å². The SMILES string of the molecule is Cc1cccc(CN(C(=O)COc2ccccc2C(C)C)[C@H](C)C(=O)NCC(C)C)c1. The van der Waals surface area contributed by atoms with E-state index in [0.29, 0.717) is 24.8 Å². The first-order valence-electron chi connectivity index (χ1n) is 11.0. The number of rotatable bonds is 10. The average molecular weight is 425 g/mol. The van der Waals surface area contributed by atoms with Crippen LogP contribution in [-0.4, -0.2) is 35.9 Å². The zero-order valence-electron chi connectivity index (χ0n) is 19.6. The van der Waals surface area contributed by atoms with Crippen LogP contribution in [0.3, 0.4) is 0 Å². The molecule has 2 aromatic carbocycles. The number of hydrogen-bond donors (Lipinski definition) is 1. The number of hydrogen-bond acceptors (Lipinski definition) is 3. The fourth-order valence-electron chi connectivity index (χ4n) is 3.35. The van der Waals surface area contributed by atoms with E-state index in [2.05, 4.69) is 19.2 Å². The molecule has 0 radical (unpaired) electrons. The number of para-hydroxylation sites is 1. The van der Waals surface area contributed by atoms with E-state index < -0.39 is 6.04 Å². The first kappa shape index (κ1) is 24.4. The molecule has 0 aliphatic carbocycles. The van der Waals surface area contributed by atoms with Gasteiger partial charge >= 0.3 is 0 Å². The van der Waals surface area contributed by atoms with Crippen LogP contribution in [0.25, 0.3) is 0 Å². The predicted octanol–water partition coefficient (Wildman–Crippen LogP) is 4.69. The van der Waals surface area contributed by atoms with Crippen molar-refractivity contribution in [2.45, 2.75) is 60.0 Å². The number of nitrogens with zero attached hydrogens (tertiary/aromatic N) is 1. The summed E-state index contributed by atoms with van der Waals surface area (Å²) < 4.78 is 5.91. The average Bonchev–Trinajstić information content (AvgIpc) is 2.73. The molecule has 2 amide bonds. The molecule has 0 saturated heterocycles. The van der Waals surface area contributed by atoms with Crippen LogP contribution in [0.5, 0.6) is 5.75 Å². The lowest BCUT2D eigenvalue weighted by Gasteiger charge is -2.29. The lowest BCUT2D eigenvalue weighted by molar-refractivity contribution is -0.142. The molecule has 0 heterocycles. The van der Waals surface area contributed by atoms with Crippen LogP contribution in [0.2, 0.25) is 0 Å². The molecular weight excluding hydrogens is 388 g/mol. The number of aryl methyl sites for hydroxylation is 1. The molecule has 0 aromatic heterocycles. The minimum atomic E-state index is -0.601. The van der Waals surface area contributed by atoms with Crippen LogP contribution >= 0.6 is 0 Å². The van der Waals surface area contributed by atoms with Gasteiger partial charge in [0.2, 0.25) is 5.91 Å². The van der Waals surface area contributed by atoms with Crippen LogP contribution in [0.4, 0.5) is 0 Å². The van der Waals surface area contributed by atoms with Gasteiger partial charge in [-0.25, -0.2) is 0 Å². The highest BCUT2D eigenvalue weighted by atomic mass is 16.5. The minimum Gasteiger partial charge on any atom is -0.483 e. The van der Waals surface area contributed by atoms with E-state index in [9.17, 15) is 9.59 Å². The molecule has 5 nitrogen and oxygen atoms in total. The van der Waals surface area contributed by atoms with Gasteiger partial charge in [-0.1, -0.05) is 75.7 Å². The third-order valence-electron chi connectivity index (χ3n) is 5.18. The third kappa shape index (κ3) is 7.42. The lowest BCUT2D eigenvalue weighted by Crippen LogP contribution is -2.49. The molecule has 0 saturated carbocycles. The van der Waals surface area contributed by atoms with Crippen molar-refractivity contribution < 1.29 is 14.3 Å². The van der Waals surface area contributed by atoms with Gasteiger partial charge in [0.05, 0.1) is 0 Å². The van der Waals surface area contributed by atoms with E-state index in [1.807, 2.05) is 69.3 Å². The number of carbonyl (C=O) groups is 2. The summed E-state index contributed by atoms with van der Waals surface area (Å²) in [7, 11) is 0. The van der Waals surface area contributed by atoms with Crippen molar-refractivity contribution in [2.24, 2.45) is 5.92 Å². The van der Waals surface area contributed by atoms with E-state index >= 15 is 0 Å². The summed E-state index contributed by atoms with van der Waals surface area (Å²) in [5, 5.41) is 2.94. The van der Waals surface area contributed by atoms with E-state index in [0.717, 1.165) is 16.7 Å². The Kier molecular flexibility index (Phi) is 9.10. The lowest BCUT2D eigenvalue weighted by atomic mass is 10.0. The van der Waals surface area contributed by atoms with Crippen molar-refractivity contribution >= 4 is 11.8 Å². The smallest absolute Gasteiger partial charge is 0.261 e. The minimum absolute atomic E-state index is 0.114. The van der Waals surface area contributed by atoms with Gasteiger partial charge in [0, 0.05) is 13.1 Å². The Morgan fingerprint density at radius 3 is 2.35 bits per heavy atom. The van der Waals surface area contributed by atoms with Crippen LogP contribution in [0.1, 0.15) is 57.2 Å². The molecule has 0 unspecified atom stereocenters. The quantitative estimate of drug-likeness (QED) is 0.602. The van der Waals surface area contributed by atoms with Gasteiger partial charge in [0.25, 0.3) is 5.91 Å². The Morgan fingerprint density at radius 1 is 1.00 bits per heavy atom. The summed E-state index contributed by atoms with van der Waals surface area (Å²) in [5.41, 5.74) is 3.16. The van der Waals surface area contributed by atoms with Crippen molar-refractivity contribution in [3.05, 3.63) is 65.2 Å². The van der Waals surface area contributed by atoms with Crippen molar-refractivity contribution in [3.8, 4) is 5.75 Å². The molecule has 1 N–H and O–H groups in total.